The molecule has 1 aliphatic heterocycles. The van der Waals surface area contributed by atoms with Gasteiger partial charge >= 0.3 is 0 Å². The highest BCUT2D eigenvalue weighted by molar-refractivity contribution is 7.98. The molecule has 1 aromatic heterocycles. The van der Waals surface area contributed by atoms with Crippen LogP contribution in [-0.4, -0.2) is 53.0 Å². The quantitative estimate of drug-likeness (QED) is 0.632. The number of benzene rings is 2. The molecule has 1 aliphatic rings. The first kappa shape index (κ1) is 18.6. The maximum atomic E-state index is 13.2. The van der Waals surface area contributed by atoms with Crippen LogP contribution in [0.2, 0.25) is 0 Å². The van der Waals surface area contributed by atoms with E-state index < -0.39 is 0 Å². The molecule has 2 aromatic carbocycles. The normalized spacial score (nSPS) is 14.4. The van der Waals surface area contributed by atoms with E-state index in [1.165, 1.54) is 10.6 Å². The highest BCUT2D eigenvalue weighted by atomic mass is 32.2. The van der Waals surface area contributed by atoms with E-state index in [-0.39, 0.29) is 5.91 Å². The van der Waals surface area contributed by atoms with Crippen molar-refractivity contribution < 1.29 is 4.79 Å². The lowest BCUT2D eigenvalue weighted by molar-refractivity contribution is 0.0737. The molecule has 0 bridgehead atoms. The number of hydrogen-bond donors (Lipinski definition) is 0. The summed E-state index contributed by atoms with van der Waals surface area (Å²) in [4.78, 5) is 18.8. The Hall–Kier alpha value is -2.73. The smallest absolute Gasteiger partial charge is 0.272 e. The summed E-state index contributed by atoms with van der Waals surface area (Å²) in [5, 5.41) is 4.54. The fraction of sp³-hybridized carbons (Fsp3) is 0.273. The predicted molar refractivity (Wildman–Crippen MR) is 115 cm³/mol. The Labute approximate surface area is 170 Å². The van der Waals surface area contributed by atoms with E-state index >= 15 is 0 Å². The second-order valence-corrected chi connectivity index (χ2v) is 7.72. The number of piperazine rings is 1. The van der Waals surface area contributed by atoms with Gasteiger partial charge in [-0.25, -0.2) is 4.68 Å². The summed E-state index contributed by atoms with van der Waals surface area (Å²) in [6.07, 6.45) is 2.10. The van der Waals surface area contributed by atoms with Crippen LogP contribution in [0.1, 0.15) is 16.2 Å². The first-order valence-corrected chi connectivity index (χ1v) is 10.7. The molecule has 0 aliphatic carbocycles. The van der Waals surface area contributed by atoms with E-state index in [1.54, 1.807) is 16.4 Å². The largest absolute Gasteiger partial charge is 0.367 e. The van der Waals surface area contributed by atoms with Crippen molar-refractivity contribution in [2.24, 2.45) is 0 Å². The minimum Gasteiger partial charge on any atom is -0.367 e. The van der Waals surface area contributed by atoms with Crippen molar-refractivity contribution >= 4 is 23.4 Å². The van der Waals surface area contributed by atoms with Gasteiger partial charge < -0.3 is 9.80 Å². The lowest BCUT2D eigenvalue weighted by Crippen LogP contribution is -2.49. The van der Waals surface area contributed by atoms with E-state index in [4.69, 9.17) is 0 Å². The zero-order chi connectivity index (χ0) is 19.5. The summed E-state index contributed by atoms with van der Waals surface area (Å²) in [6.45, 7) is 5.01. The molecule has 1 saturated heterocycles. The summed E-state index contributed by atoms with van der Waals surface area (Å²) in [6, 6.07) is 20.2. The van der Waals surface area contributed by atoms with Crippen molar-refractivity contribution in [1.29, 1.82) is 0 Å². The molecule has 5 nitrogen and oxygen atoms in total. The Bertz CT molecular complexity index is 962. The number of rotatable bonds is 4. The van der Waals surface area contributed by atoms with Crippen LogP contribution in [0.3, 0.4) is 0 Å². The molecule has 0 unspecified atom stereocenters. The van der Waals surface area contributed by atoms with Crippen LogP contribution >= 0.6 is 11.8 Å². The zero-order valence-corrected chi connectivity index (χ0v) is 17.0. The third kappa shape index (κ3) is 3.64. The Kier molecular flexibility index (Phi) is 5.39. The fourth-order valence-corrected chi connectivity index (χ4v) is 4.24. The lowest BCUT2D eigenvalue weighted by Gasteiger charge is -2.36. The molecule has 1 fully saturated rings. The van der Waals surface area contributed by atoms with Gasteiger partial charge in [0.2, 0.25) is 0 Å². The average Bonchev–Trinajstić information content (AvgIpc) is 3.15. The van der Waals surface area contributed by atoms with Crippen LogP contribution < -0.4 is 4.90 Å². The summed E-state index contributed by atoms with van der Waals surface area (Å²) in [5.74, 6) is 0.0438. The van der Waals surface area contributed by atoms with Gasteiger partial charge in [-0.05, 0) is 43.5 Å². The van der Waals surface area contributed by atoms with Crippen molar-refractivity contribution in [2.75, 3.05) is 37.3 Å². The number of amides is 1. The highest BCUT2D eigenvalue weighted by Gasteiger charge is 2.26. The molecule has 144 valence electrons. The fourth-order valence-electron chi connectivity index (χ4n) is 3.62. The number of aryl methyl sites for hydroxylation is 1. The Morgan fingerprint density at radius 2 is 1.64 bits per heavy atom. The molecule has 3 aromatic rings. The van der Waals surface area contributed by atoms with Crippen LogP contribution in [0.5, 0.6) is 0 Å². The minimum atomic E-state index is 0.0438. The number of carbonyl (C=O) groups excluding carboxylic acids is 1. The average molecular weight is 393 g/mol. The molecule has 6 heteroatoms. The van der Waals surface area contributed by atoms with Gasteiger partial charge in [-0.15, -0.1) is 11.8 Å². The number of hydrogen-bond acceptors (Lipinski definition) is 4. The van der Waals surface area contributed by atoms with Gasteiger partial charge in [0.25, 0.3) is 5.91 Å². The molecular weight excluding hydrogens is 368 g/mol. The Morgan fingerprint density at radius 1 is 0.964 bits per heavy atom. The first-order valence-electron chi connectivity index (χ1n) is 9.46. The number of carbonyl (C=O) groups is 1. The van der Waals surface area contributed by atoms with Crippen molar-refractivity contribution in [1.82, 2.24) is 14.7 Å². The first-order chi connectivity index (χ1) is 13.7. The second kappa shape index (κ2) is 8.10. The molecule has 0 radical (unpaired) electrons. The second-order valence-electron chi connectivity index (χ2n) is 6.87. The molecule has 0 saturated carbocycles. The van der Waals surface area contributed by atoms with Crippen LogP contribution in [-0.2, 0) is 0 Å². The standard InChI is InChI=1S/C22H24N4OS/c1-17-16-20(26(23-17)18-8-4-3-5-9-18)22(27)25-14-12-24(13-15-25)19-10-6-7-11-21(19)28-2/h3-11,16H,12-15H2,1-2H3. The van der Waals surface area contributed by atoms with Crippen molar-refractivity contribution in [3.05, 3.63) is 72.1 Å². The summed E-state index contributed by atoms with van der Waals surface area (Å²) in [7, 11) is 0. The van der Waals surface area contributed by atoms with Crippen molar-refractivity contribution in [2.45, 2.75) is 11.8 Å². The van der Waals surface area contributed by atoms with E-state index in [0.717, 1.165) is 24.5 Å². The van der Waals surface area contributed by atoms with E-state index in [9.17, 15) is 4.79 Å². The highest BCUT2D eigenvalue weighted by Crippen LogP contribution is 2.29. The summed E-state index contributed by atoms with van der Waals surface area (Å²) >= 11 is 1.76. The minimum absolute atomic E-state index is 0.0438. The van der Waals surface area contributed by atoms with Crippen LogP contribution in [0, 0.1) is 6.92 Å². The zero-order valence-electron chi connectivity index (χ0n) is 16.2. The maximum absolute atomic E-state index is 13.2. The van der Waals surface area contributed by atoms with Crippen molar-refractivity contribution in [3.8, 4) is 5.69 Å². The SMILES string of the molecule is CSc1ccccc1N1CCN(C(=O)c2cc(C)nn2-c2ccccc2)CC1. The predicted octanol–water partition coefficient (Wildman–Crippen LogP) is 3.87. The number of para-hydroxylation sites is 2. The van der Waals surface area contributed by atoms with Gasteiger partial charge in [-0.1, -0.05) is 30.3 Å². The Morgan fingerprint density at radius 3 is 2.36 bits per heavy atom. The van der Waals surface area contributed by atoms with Gasteiger partial charge in [0, 0.05) is 31.1 Å². The number of aromatic nitrogens is 2. The van der Waals surface area contributed by atoms with Gasteiger partial charge in [0.1, 0.15) is 5.69 Å². The monoisotopic (exact) mass is 392 g/mol. The van der Waals surface area contributed by atoms with E-state index in [2.05, 4.69) is 40.5 Å². The van der Waals surface area contributed by atoms with E-state index in [1.807, 2.05) is 48.2 Å². The molecular formula is C22H24N4OS. The molecule has 0 spiro atoms. The molecule has 1 amide bonds. The van der Waals surface area contributed by atoms with E-state index in [0.29, 0.717) is 18.8 Å². The summed E-state index contributed by atoms with van der Waals surface area (Å²) < 4.78 is 1.76. The molecule has 2 heterocycles. The van der Waals surface area contributed by atoms with Crippen LogP contribution in [0.25, 0.3) is 5.69 Å². The van der Waals surface area contributed by atoms with Crippen LogP contribution in [0.15, 0.2) is 65.6 Å². The molecule has 0 atom stereocenters. The maximum Gasteiger partial charge on any atom is 0.272 e. The Balaban J connectivity index is 1.51. The van der Waals surface area contributed by atoms with Gasteiger partial charge in [-0.3, -0.25) is 4.79 Å². The van der Waals surface area contributed by atoms with Crippen molar-refractivity contribution in [3.63, 3.8) is 0 Å². The number of nitrogens with zero attached hydrogens (tertiary/aromatic N) is 4. The third-order valence-corrected chi connectivity index (χ3v) is 5.83. The van der Waals surface area contributed by atoms with Gasteiger partial charge in [0.15, 0.2) is 0 Å². The molecule has 28 heavy (non-hydrogen) atoms. The number of thioether (sulfide) groups is 1. The van der Waals surface area contributed by atoms with Crippen LogP contribution in [0.4, 0.5) is 5.69 Å². The third-order valence-electron chi connectivity index (χ3n) is 5.04. The topological polar surface area (TPSA) is 41.4 Å². The van der Waals surface area contributed by atoms with Gasteiger partial charge in [0.05, 0.1) is 17.1 Å². The summed E-state index contributed by atoms with van der Waals surface area (Å²) in [5.41, 5.74) is 3.64. The molecule has 0 N–H and O–H groups in total. The lowest BCUT2D eigenvalue weighted by atomic mass is 10.2. The number of anilines is 1. The molecule has 4 rings (SSSR count). The van der Waals surface area contributed by atoms with Gasteiger partial charge in [-0.2, -0.15) is 5.10 Å².